The van der Waals surface area contributed by atoms with Crippen molar-refractivity contribution in [3.05, 3.63) is 76.5 Å². The Morgan fingerprint density at radius 2 is 1.90 bits per heavy atom. The number of nitrogens with zero attached hydrogens (tertiary/aromatic N) is 4. The van der Waals surface area contributed by atoms with E-state index in [4.69, 9.17) is 9.47 Å². The number of carbonyl (C=O) groups is 1. The molecule has 0 bridgehead atoms. The van der Waals surface area contributed by atoms with Crippen LogP contribution in [0.3, 0.4) is 0 Å². The van der Waals surface area contributed by atoms with Crippen LogP contribution in [0, 0.1) is 6.92 Å². The molecule has 1 aliphatic rings. The van der Waals surface area contributed by atoms with Crippen molar-refractivity contribution in [3.63, 3.8) is 0 Å². The van der Waals surface area contributed by atoms with Crippen molar-refractivity contribution in [1.82, 2.24) is 20.2 Å². The molecule has 31 heavy (non-hydrogen) atoms. The molecule has 0 fully saturated rings. The van der Waals surface area contributed by atoms with E-state index >= 15 is 0 Å². The van der Waals surface area contributed by atoms with Gasteiger partial charge in [0.15, 0.2) is 0 Å². The SMILES string of the molecule is CCCOC(=O)C1=C(C)Nc2nnnn2C1c1ccccc1OCc1ccc(C)cc1. The molecule has 1 aromatic heterocycles. The summed E-state index contributed by atoms with van der Waals surface area (Å²) >= 11 is 0. The van der Waals surface area contributed by atoms with Gasteiger partial charge in [0.05, 0.1) is 12.2 Å². The first-order valence-corrected chi connectivity index (χ1v) is 10.3. The number of fused-ring (bicyclic) bond motifs is 1. The van der Waals surface area contributed by atoms with E-state index in [0.717, 1.165) is 17.5 Å². The Hall–Kier alpha value is -3.68. The Balaban J connectivity index is 1.71. The number of hydrogen-bond donors (Lipinski definition) is 1. The number of aryl methyl sites for hydroxylation is 1. The van der Waals surface area contributed by atoms with Crippen LogP contribution in [-0.2, 0) is 16.1 Å². The van der Waals surface area contributed by atoms with Crippen molar-refractivity contribution in [2.24, 2.45) is 0 Å². The minimum absolute atomic E-state index is 0.344. The van der Waals surface area contributed by atoms with Gasteiger partial charge >= 0.3 is 5.97 Å². The molecule has 160 valence electrons. The van der Waals surface area contributed by atoms with Gasteiger partial charge in [-0.25, -0.2) is 4.79 Å². The molecule has 1 atom stereocenters. The number of para-hydroxylation sites is 1. The van der Waals surface area contributed by atoms with Crippen LogP contribution in [0.2, 0.25) is 0 Å². The lowest BCUT2D eigenvalue weighted by Gasteiger charge is -2.28. The molecule has 0 radical (unpaired) electrons. The molecule has 2 heterocycles. The summed E-state index contributed by atoms with van der Waals surface area (Å²) in [7, 11) is 0. The molecule has 1 unspecified atom stereocenters. The van der Waals surface area contributed by atoms with Gasteiger partial charge in [-0.1, -0.05) is 60.1 Å². The zero-order chi connectivity index (χ0) is 21.8. The summed E-state index contributed by atoms with van der Waals surface area (Å²) in [6.07, 6.45) is 0.739. The van der Waals surface area contributed by atoms with Gasteiger partial charge in [0.1, 0.15) is 18.4 Å². The number of esters is 1. The van der Waals surface area contributed by atoms with Crippen LogP contribution in [0.5, 0.6) is 5.75 Å². The van der Waals surface area contributed by atoms with E-state index in [0.29, 0.717) is 36.2 Å². The van der Waals surface area contributed by atoms with E-state index in [1.54, 1.807) is 4.68 Å². The number of aromatic nitrogens is 4. The number of allylic oxidation sites excluding steroid dienone is 1. The molecule has 3 aromatic rings. The Kier molecular flexibility index (Phi) is 5.97. The fourth-order valence-electron chi connectivity index (χ4n) is 3.52. The highest BCUT2D eigenvalue weighted by Gasteiger charge is 2.36. The highest BCUT2D eigenvalue weighted by atomic mass is 16.5. The zero-order valence-electron chi connectivity index (χ0n) is 17.8. The van der Waals surface area contributed by atoms with E-state index in [2.05, 4.69) is 39.9 Å². The molecular weight excluding hydrogens is 394 g/mol. The van der Waals surface area contributed by atoms with Crippen LogP contribution >= 0.6 is 0 Å². The first kappa shape index (κ1) is 20.6. The number of ether oxygens (including phenoxy) is 2. The second-order valence-electron chi connectivity index (χ2n) is 7.46. The quantitative estimate of drug-likeness (QED) is 0.583. The molecule has 4 rings (SSSR count). The van der Waals surface area contributed by atoms with E-state index in [1.165, 1.54) is 5.56 Å². The smallest absolute Gasteiger partial charge is 0.338 e. The lowest BCUT2D eigenvalue weighted by Crippen LogP contribution is -2.30. The summed E-state index contributed by atoms with van der Waals surface area (Å²) in [6, 6.07) is 15.2. The fraction of sp³-hybridized carbons (Fsp3) is 0.304. The molecule has 1 aliphatic heterocycles. The normalized spacial score (nSPS) is 15.3. The second-order valence-corrected chi connectivity index (χ2v) is 7.46. The molecular formula is C23H25N5O3. The maximum Gasteiger partial charge on any atom is 0.338 e. The van der Waals surface area contributed by atoms with E-state index in [-0.39, 0.29) is 0 Å². The lowest BCUT2D eigenvalue weighted by atomic mass is 9.95. The van der Waals surface area contributed by atoms with Gasteiger partial charge in [0.2, 0.25) is 5.95 Å². The Labute approximate surface area is 180 Å². The van der Waals surface area contributed by atoms with Crippen LogP contribution in [0.25, 0.3) is 0 Å². The Morgan fingerprint density at radius 3 is 2.68 bits per heavy atom. The predicted octanol–water partition coefficient (Wildman–Crippen LogP) is 3.80. The Bertz CT molecular complexity index is 1100. The highest BCUT2D eigenvalue weighted by molar-refractivity contribution is 5.92. The van der Waals surface area contributed by atoms with Gasteiger partial charge in [-0.15, -0.1) is 0 Å². The topological polar surface area (TPSA) is 91.2 Å². The monoisotopic (exact) mass is 419 g/mol. The number of carbonyl (C=O) groups excluding carboxylic acids is 1. The maximum atomic E-state index is 13.0. The van der Waals surface area contributed by atoms with Crippen molar-refractivity contribution >= 4 is 11.9 Å². The predicted molar refractivity (Wildman–Crippen MR) is 115 cm³/mol. The lowest BCUT2D eigenvalue weighted by molar-refractivity contribution is -0.139. The van der Waals surface area contributed by atoms with Gasteiger partial charge in [-0.3, -0.25) is 0 Å². The number of hydrogen-bond acceptors (Lipinski definition) is 7. The van der Waals surface area contributed by atoms with Crippen molar-refractivity contribution in [2.75, 3.05) is 11.9 Å². The van der Waals surface area contributed by atoms with Gasteiger partial charge in [0.25, 0.3) is 0 Å². The third-order valence-corrected chi connectivity index (χ3v) is 5.10. The average molecular weight is 419 g/mol. The summed E-state index contributed by atoms with van der Waals surface area (Å²) in [5.41, 5.74) is 4.15. The number of benzene rings is 2. The third kappa shape index (κ3) is 4.28. The van der Waals surface area contributed by atoms with Crippen LogP contribution in [0.4, 0.5) is 5.95 Å². The van der Waals surface area contributed by atoms with Crippen LogP contribution in [0.15, 0.2) is 59.8 Å². The van der Waals surface area contributed by atoms with Crippen molar-refractivity contribution in [2.45, 2.75) is 39.8 Å². The van der Waals surface area contributed by atoms with Crippen molar-refractivity contribution in [3.8, 4) is 5.75 Å². The molecule has 2 aromatic carbocycles. The molecule has 8 nitrogen and oxygen atoms in total. The summed E-state index contributed by atoms with van der Waals surface area (Å²) in [4.78, 5) is 13.0. The summed E-state index contributed by atoms with van der Waals surface area (Å²) in [5.74, 6) is 0.722. The molecule has 0 amide bonds. The van der Waals surface area contributed by atoms with E-state index in [9.17, 15) is 4.79 Å². The number of anilines is 1. The van der Waals surface area contributed by atoms with Crippen molar-refractivity contribution < 1.29 is 14.3 Å². The zero-order valence-corrected chi connectivity index (χ0v) is 17.8. The molecule has 1 N–H and O–H groups in total. The first-order chi connectivity index (χ1) is 15.1. The number of tetrazole rings is 1. The summed E-state index contributed by atoms with van der Waals surface area (Å²) in [6.45, 7) is 6.58. The molecule has 0 aliphatic carbocycles. The number of nitrogens with one attached hydrogen (secondary N) is 1. The largest absolute Gasteiger partial charge is 0.489 e. The molecule has 8 heteroatoms. The van der Waals surface area contributed by atoms with Crippen LogP contribution in [0.1, 0.15) is 43.0 Å². The molecule has 0 saturated heterocycles. The minimum atomic E-state index is -0.565. The third-order valence-electron chi connectivity index (χ3n) is 5.10. The van der Waals surface area contributed by atoms with Gasteiger partial charge < -0.3 is 14.8 Å². The average Bonchev–Trinajstić information content (AvgIpc) is 3.24. The first-order valence-electron chi connectivity index (χ1n) is 10.3. The van der Waals surface area contributed by atoms with Gasteiger partial charge in [-0.05, 0) is 42.3 Å². The second kappa shape index (κ2) is 8.99. The van der Waals surface area contributed by atoms with Crippen LogP contribution in [-0.4, -0.2) is 32.8 Å². The standard InChI is InChI=1S/C23H25N5O3/c1-4-13-30-22(29)20-16(3)24-23-25-26-27-28(23)21(20)18-7-5-6-8-19(18)31-14-17-11-9-15(2)10-12-17/h5-12,21H,4,13-14H2,1-3H3,(H,24,25,27). The molecule has 0 spiro atoms. The van der Waals surface area contributed by atoms with Crippen LogP contribution < -0.4 is 10.1 Å². The van der Waals surface area contributed by atoms with E-state index in [1.807, 2.05) is 50.2 Å². The molecule has 0 saturated carbocycles. The van der Waals surface area contributed by atoms with Gasteiger partial charge in [-0.2, -0.15) is 4.68 Å². The minimum Gasteiger partial charge on any atom is -0.489 e. The Morgan fingerprint density at radius 1 is 1.13 bits per heavy atom. The maximum absolute atomic E-state index is 13.0. The number of rotatable bonds is 7. The summed E-state index contributed by atoms with van der Waals surface area (Å²) < 4.78 is 13.2. The fourth-order valence-corrected chi connectivity index (χ4v) is 3.52. The van der Waals surface area contributed by atoms with Gasteiger partial charge in [0, 0.05) is 11.3 Å². The van der Waals surface area contributed by atoms with Crippen molar-refractivity contribution in [1.29, 1.82) is 0 Å². The van der Waals surface area contributed by atoms with E-state index < -0.39 is 12.0 Å². The summed E-state index contributed by atoms with van der Waals surface area (Å²) in [5, 5.41) is 15.0. The highest BCUT2D eigenvalue weighted by Crippen LogP contribution is 2.39.